The van der Waals surface area contributed by atoms with Gasteiger partial charge < -0.3 is 120 Å². The number of nitrogens with one attached hydrogen (secondary N) is 6. The summed E-state index contributed by atoms with van der Waals surface area (Å²) >= 11 is 6.09. The van der Waals surface area contributed by atoms with Crippen LogP contribution in [0.2, 0.25) is 0 Å². The Morgan fingerprint density at radius 2 is 0.504 bits per heavy atom. The van der Waals surface area contributed by atoms with E-state index in [2.05, 4.69) is 68.6 Å². The quantitative estimate of drug-likeness (QED) is 0.0162. The summed E-state index contributed by atoms with van der Waals surface area (Å²) in [6.45, 7) is 15.4. The van der Waals surface area contributed by atoms with Crippen molar-refractivity contribution in [3.05, 3.63) is 0 Å². The molecule has 0 aromatic rings. The minimum Gasteiger partial charge on any atom is -0.378 e. The Bertz CT molecular complexity index is 2900. The molecular weight excluding hydrogens is 1660 g/mol. The van der Waals surface area contributed by atoms with Crippen LogP contribution >= 0.6 is 31.9 Å². The molecule has 0 aromatic heterocycles. The van der Waals surface area contributed by atoms with Gasteiger partial charge in [-0.15, -0.1) is 5.06 Å². The number of nitrogens with two attached hydrogens (primary N) is 2. The van der Waals surface area contributed by atoms with Crippen molar-refractivity contribution < 1.29 is 139 Å². The Morgan fingerprint density at radius 3 is 0.713 bits per heavy atom. The van der Waals surface area contributed by atoms with Gasteiger partial charge in [-0.25, -0.2) is 4.79 Å². The van der Waals surface area contributed by atoms with E-state index in [0.717, 1.165) is 14.7 Å². The number of rotatable bonds is 65. The first-order valence-corrected chi connectivity index (χ1v) is 39.2. The molecule has 1 heterocycles. The predicted molar refractivity (Wildman–Crippen MR) is 416 cm³/mol. The standard InChI is InChI=1S/C25H43Br2N5O10.C21H41N5O8.C14H18N2O7.C11H17NO4/c1-20(33)2-3-25(38)32(18-23(36)30-6-10-41-14-12-39-8-4-28-21(34)16-26)19-24(37)31-7-11-42-15-13-40-9-5-29-22(35)17-27;1-18(27)2-3-21(30)26(16-19(28)24-6-10-33-14-12-31-8-4-22)17-20(29)25-7-11-34-15-13-32-9-5-23;1-9(17)7-15(8-10(2)18)11(19)5-6-14(22)23-16-12(20)3-4-13(16)21;1-8(13)4-5-11(16)12(6-9(2)14)7-10(3)15/h2-19H2,1H3,(H,28,34)(H,29,35)(H,30,36)(H,31,37);2-17,22-23H2,1H3,(H,24,28)(H,25,29);3-8H2,1-2H3;4-7H2,1-3H3. The number of alkyl halides is 2. The van der Waals surface area contributed by atoms with Crippen molar-refractivity contribution >= 4 is 149 Å². The summed E-state index contributed by atoms with van der Waals surface area (Å²) in [4.78, 5) is 240. The van der Waals surface area contributed by atoms with Crippen molar-refractivity contribution in [2.45, 2.75) is 113 Å². The van der Waals surface area contributed by atoms with Crippen LogP contribution in [0.25, 0.3) is 0 Å². The number of hydrogen-bond donors (Lipinski definition) is 8. The number of halogens is 2. The molecule has 115 heavy (non-hydrogen) atoms. The van der Waals surface area contributed by atoms with E-state index in [-0.39, 0.29) is 238 Å². The van der Waals surface area contributed by atoms with Gasteiger partial charge in [0.1, 0.15) is 66.7 Å². The van der Waals surface area contributed by atoms with Gasteiger partial charge in [-0.05, 0) is 48.5 Å². The van der Waals surface area contributed by atoms with E-state index in [1.807, 2.05) is 0 Å². The molecule has 12 amide bonds. The minimum absolute atomic E-state index is 0.0101. The van der Waals surface area contributed by atoms with Crippen molar-refractivity contribution in [1.29, 1.82) is 0 Å². The Morgan fingerprint density at radius 1 is 0.296 bits per heavy atom. The molecule has 1 rings (SSSR count). The van der Waals surface area contributed by atoms with Crippen LogP contribution in [-0.2, 0) is 139 Å². The molecule has 0 spiro atoms. The predicted octanol–water partition coefficient (Wildman–Crippen LogP) is -4.35. The van der Waals surface area contributed by atoms with Gasteiger partial charge in [0.15, 0.2) is 0 Å². The molecule has 0 saturated carbocycles. The number of carbonyl (C=O) groups is 20. The van der Waals surface area contributed by atoms with Gasteiger partial charge >= 0.3 is 5.97 Å². The maximum absolute atomic E-state index is 12.6. The number of nitrogens with zero attached hydrogens (tertiary/aromatic N) is 5. The first kappa shape index (κ1) is 111. The summed E-state index contributed by atoms with van der Waals surface area (Å²) in [5, 5.41) is 16.7. The Labute approximate surface area is 686 Å². The van der Waals surface area contributed by atoms with Gasteiger partial charge in [0.05, 0.1) is 149 Å². The number of amides is 12. The number of ether oxygens (including phenoxy) is 8. The molecule has 0 aromatic carbocycles. The van der Waals surface area contributed by atoms with E-state index in [9.17, 15) is 95.9 Å². The normalized spacial score (nSPS) is 11.1. The molecule has 1 aliphatic rings. The fraction of sp³-hybridized carbons (Fsp3) is 0.718. The van der Waals surface area contributed by atoms with Gasteiger partial charge in [-0.3, -0.25) is 76.7 Å². The lowest BCUT2D eigenvalue weighted by atomic mass is 10.2. The second kappa shape index (κ2) is 73.2. The highest BCUT2D eigenvalue weighted by Crippen LogP contribution is 2.14. The van der Waals surface area contributed by atoms with E-state index >= 15 is 0 Å². The molecule has 1 fully saturated rings. The zero-order chi connectivity index (χ0) is 87.2. The van der Waals surface area contributed by atoms with Crippen molar-refractivity contribution in [1.82, 2.24) is 56.6 Å². The number of imide groups is 1. The number of Topliss-reactive ketones (excluding diaryl/α,β-unsaturated/α-hetero) is 7. The lowest BCUT2D eigenvalue weighted by Crippen LogP contribution is -2.46. The fourth-order valence-electron chi connectivity index (χ4n) is 8.54. The topological polar surface area (TPSA) is 565 Å². The van der Waals surface area contributed by atoms with Crippen molar-refractivity contribution in [2.24, 2.45) is 11.5 Å². The maximum Gasteiger partial charge on any atom is 0.333 e. The zero-order valence-electron chi connectivity index (χ0n) is 67.1. The second-order valence-electron chi connectivity index (χ2n) is 24.8. The number of hydroxylamine groups is 2. The van der Waals surface area contributed by atoms with Gasteiger partial charge in [0.2, 0.25) is 59.1 Å². The summed E-state index contributed by atoms with van der Waals surface area (Å²) < 4.78 is 42.3. The van der Waals surface area contributed by atoms with Gasteiger partial charge in [-0.1, -0.05) is 31.9 Å². The average Bonchev–Trinajstić information content (AvgIpc) is 1.76. The second-order valence-corrected chi connectivity index (χ2v) is 25.9. The van der Waals surface area contributed by atoms with E-state index in [0.29, 0.717) is 111 Å². The van der Waals surface area contributed by atoms with Gasteiger partial charge in [-0.2, -0.15) is 0 Å². The molecule has 1 aliphatic heterocycles. The number of ketones is 7. The van der Waals surface area contributed by atoms with E-state index in [1.54, 1.807) is 0 Å². The summed E-state index contributed by atoms with van der Waals surface area (Å²) in [5.74, 6) is -7.41. The summed E-state index contributed by atoms with van der Waals surface area (Å²) in [7, 11) is 0. The van der Waals surface area contributed by atoms with Crippen molar-refractivity contribution in [3.8, 4) is 0 Å². The van der Waals surface area contributed by atoms with E-state index < -0.39 is 59.1 Å². The largest absolute Gasteiger partial charge is 0.378 e. The van der Waals surface area contributed by atoms with Crippen LogP contribution in [0.4, 0.5) is 0 Å². The smallest absolute Gasteiger partial charge is 0.333 e. The Balaban J connectivity index is -0.00000154. The van der Waals surface area contributed by atoms with Gasteiger partial charge in [0, 0.05) is 110 Å². The molecule has 1 saturated heterocycles. The molecule has 44 heteroatoms. The Kier molecular flexibility index (Phi) is 70.5. The van der Waals surface area contributed by atoms with Crippen molar-refractivity contribution in [3.63, 3.8) is 0 Å². The third kappa shape index (κ3) is 70.7. The molecule has 0 bridgehead atoms. The molecule has 0 unspecified atom stereocenters. The number of carbonyl (C=O) groups excluding carboxylic acids is 20. The minimum atomic E-state index is -0.910. The number of hydrogen-bond acceptors (Lipinski definition) is 31. The third-order valence-corrected chi connectivity index (χ3v) is 14.9. The molecule has 0 radical (unpaired) electrons. The first-order chi connectivity index (χ1) is 54.6. The van der Waals surface area contributed by atoms with Crippen LogP contribution < -0.4 is 43.4 Å². The van der Waals surface area contributed by atoms with Crippen molar-refractivity contribution in [2.75, 3.05) is 221 Å². The molecule has 0 aliphatic carbocycles. The van der Waals surface area contributed by atoms with E-state index in [4.69, 9.17) is 49.4 Å². The third-order valence-electron chi connectivity index (χ3n) is 13.9. The summed E-state index contributed by atoms with van der Waals surface area (Å²) in [6.07, 6.45) is -0.644. The lowest BCUT2D eigenvalue weighted by Gasteiger charge is -2.22. The summed E-state index contributed by atoms with van der Waals surface area (Å²) in [6, 6.07) is 0. The van der Waals surface area contributed by atoms with Crippen LogP contribution in [0, 0.1) is 0 Å². The monoisotopic (exact) mass is 1780 g/mol. The zero-order valence-corrected chi connectivity index (χ0v) is 70.3. The van der Waals surface area contributed by atoms with Crippen LogP contribution in [-0.4, -0.2) is 363 Å². The fourth-order valence-corrected chi connectivity index (χ4v) is 8.94. The lowest BCUT2D eigenvalue weighted by molar-refractivity contribution is -0.197. The first-order valence-electron chi connectivity index (χ1n) is 37.0. The molecule has 656 valence electrons. The van der Waals surface area contributed by atoms with Crippen LogP contribution in [0.5, 0.6) is 0 Å². The molecular formula is C71H119Br2N13O29. The van der Waals surface area contributed by atoms with Crippen LogP contribution in [0.15, 0.2) is 0 Å². The molecule has 42 nitrogen and oxygen atoms in total. The van der Waals surface area contributed by atoms with Crippen LogP contribution in [0.1, 0.15) is 113 Å². The highest BCUT2D eigenvalue weighted by Gasteiger charge is 2.33. The van der Waals surface area contributed by atoms with E-state index in [1.165, 1.54) is 53.4 Å². The Hall–Kier alpha value is -8.44. The van der Waals surface area contributed by atoms with Gasteiger partial charge in [0.25, 0.3) is 11.8 Å². The molecule has 0 atom stereocenters. The highest BCUT2D eigenvalue weighted by atomic mass is 79.9. The summed E-state index contributed by atoms with van der Waals surface area (Å²) in [5.41, 5.74) is 10.6. The molecule has 10 N–H and O–H groups in total. The highest BCUT2D eigenvalue weighted by molar-refractivity contribution is 9.09. The van der Waals surface area contributed by atoms with Crippen LogP contribution in [0.3, 0.4) is 0 Å². The maximum atomic E-state index is 12.6. The average molecular weight is 1780 g/mol. The SMILES string of the molecule is CC(=O)CCC(=O)N(CC(=O)NCCOCCOCCN)CC(=O)NCCOCCOCCN.CC(=O)CCC(=O)N(CC(=O)NCCOCCOCCNC(=O)CBr)CC(=O)NCCOCCOCCNC(=O)CBr.CC(=O)CCC(=O)N(CC(C)=O)CC(C)=O.CC(=O)CN(CC(C)=O)C(=O)CCC(=O)ON1C(=O)CCC1=O.